The summed E-state index contributed by atoms with van der Waals surface area (Å²) in [5.41, 5.74) is 12.3. The van der Waals surface area contributed by atoms with Crippen molar-refractivity contribution >= 4 is 43.8 Å². The number of nitrogens with zero attached hydrogens (tertiary/aromatic N) is 1. The fourth-order valence-electron chi connectivity index (χ4n) is 6.99. The molecule has 58 heavy (non-hydrogen) atoms. The smallest absolute Gasteiger partial charge is 0.264 e. The number of carboxylic acids is 1. The van der Waals surface area contributed by atoms with Gasteiger partial charge in [0.15, 0.2) is 0 Å². The number of fused-ring (bicyclic) bond motifs is 1. The summed E-state index contributed by atoms with van der Waals surface area (Å²) in [7, 11) is -3.73. The van der Waals surface area contributed by atoms with Crippen molar-refractivity contribution < 1.29 is 42.7 Å². The van der Waals surface area contributed by atoms with Crippen molar-refractivity contribution in [3.8, 4) is 0 Å². The SMILES string of the molecule is CC(C)([C](=[Ni])/C=C/C1=C(Cl)C(=C/C=C2/N(CCCCCC(=O)NCCCCC(N)C(=O)O)c3ccccc3C2(C)C)/CCC1)c1[c-]cccc1.[CH2-]CCCS(=O)(=O)O. The number of allylic oxidation sites excluding steroid dienone is 8. The molecule has 0 bridgehead atoms. The van der Waals surface area contributed by atoms with E-state index in [1.807, 2.05) is 18.2 Å². The molecule has 1 amide bonds. The van der Waals surface area contributed by atoms with E-state index in [4.69, 9.17) is 42.0 Å². The minimum absolute atomic E-state index is 0.0416. The van der Waals surface area contributed by atoms with E-state index >= 15 is 0 Å². The number of unbranched alkanes of at least 4 members (excludes halogenated alkanes) is 4. The molecule has 0 radical (unpaired) electrons. The second-order valence-corrected chi connectivity index (χ2v) is 18.4. The Hall–Kier alpha value is -3.34. The molecule has 9 nitrogen and oxygen atoms in total. The molecule has 2 aromatic rings. The fraction of sp³-hybridized carbons (Fsp3) is 0.478. The van der Waals surface area contributed by atoms with Crippen LogP contribution in [0.1, 0.15) is 116 Å². The van der Waals surface area contributed by atoms with E-state index in [2.05, 4.69) is 106 Å². The van der Waals surface area contributed by atoms with Crippen molar-refractivity contribution in [1.29, 1.82) is 0 Å². The first-order valence-electron chi connectivity index (χ1n) is 20.2. The number of aliphatic carboxylic acids is 1. The Balaban J connectivity index is 0.00000101. The maximum absolute atomic E-state index is 12.3. The van der Waals surface area contributed by atoms with E-state index in [9.17, 15) is 18.0 Å². The van der Waals surface area contributed by atoms with Gasteiger partial charge in [-0.2, -0.15) is 14.8 Å². The molecular formula is C46H62ClN3NiO6S-2. The molecule has 4 rings (SSSR count). The molecule has 322 valence electrons. The Bertz CT molecular complexity index is 1940. The Kier molecular flexibility index (Phi) is 19.8. The number of amides is 1. The largest absolute Gasteiger partial charge is 0.343 e. The summed E-state index contributed by atoms with van der Waals surface area (Å²) in [6, 6.07) is 19.2. The van der Waals surface area contributed by atoms with Crippen molar-refractivity contribution in [2.75, 3.05) is 23.7 Å². The zero-order valence-electron chi connectivity index (χ0n) is 34.5. The van der Waals surface area contributed by atoms with Gasteiger partial charge in [-0.05, 0) is 25.7 Å². The quantitative estimate of drug-likeness (QED) is 0.0446. The first-order valence-corrected chi connectivity index (χ1v) is 22.7. The molecule has 1 unspecified atom stereocenters. The number of carbonyl (C=O) groups excluding carboxylic acids is 1. The Labute approximate surface area is 359 Å². The molecule has 1 aliphatic carbocycles. The monoisotopic (exact) mass is 877 g/mol. The molecule has 0 fully saturated rings. The Morgan fingerprint density at radius 2 is 1.79 bits per heavy atom. The van der Waals surface area contributed by atoms with Crippen LogP contribution in [0.5, 0.6) is 0 Å². The van der Waals surface area contributed by atoms with E-state index in [-0.39, 0.29) is 22.5 Å². The van der Waals surface area contributed by atoms with Gasteiger partial charge in [0, 0.05) is 13.0 Å². The molecule has 0 saturated carbocycles. The van der Waals surface area contributed by atoms with Gasteiger partial charge >= 0.3 is 218 Å². The molecule has 0 spiro atoms. The number of anilines is 1. The second kappa shape index (κ2) is 23.5. The van der Waals surface area contributed by atoms with E-state index in [0.29, 0.717) is 38.6 Å². The molecule has 1 heterocycles. The number of rotatable bonds is 20. The standard InChI is InChI=1S/C42H53ClN3O3.C4H9O3S.Ni/c1-41(2,33-20-7-5-8-21-33)28-16-19-31-17-15-18-32(39(31)43)26-27-37-42(3,4)34-22-10-11-24-36(34)46(37)30-14-6-9-25-38(47)45-29-13-12-23-35(44)40(48)49;1-2-3-4-8(5,6)7;/h5,7-8,10-11,16,19-20,22,24,26-27,35H,6,9,12-15,17-18,23,25,29-30,44H2,1-4H3,(H,45,47)(H,48,49);1-4H2,(H,5,6,7);/q2*-1;/b19-16+,32-26+,37-27+;;. The third-order valence-electron chi connectivity index (χ3n) is 10.6. The van der Waals surface area contributed by atoms with Crippen LogP contribution >= 0.6 is 11.6 Å². The van der Waals surface area contributed by atoms with Gasteiger partial charge in [0.05, 0.1) is 5.75 Å². The molecule has 12 heteroatoms. The topological polar surface area (TPSA) is 150 Å². The molecule has 5 N–H and O–H groups in total. The maximum Gasteiger partial charge on any atom is 0.264 e. The van der Waals surface area contributed by atoms with Crippen LogP contribution in [0.3, 0.4) is 0 Å². The van der Waals surface area contributed by atoms with Crippen LogP contribution in [-0.4, -0.2) is 59.3 Å². The van der Waals surface area contributed by atoms with E-state index in [0.717, 1.165) is 77.7 Å². The van der Waals surface area contributed by atoms with Crippen LogP contribution in [-0.2, 0) is 45.6 Å². The fourth-order valence-corrected chi connectivity index (χ4v) is 8.09. The number of para-hydroxylation sites is 1. The molecule has 0 aromatic heterocycles. The molecule has 1 aliphatic heterocycles. The molecule has 1 atom stereocenters. The third-order valence-corrected chi connectivity index (χ3v) is 12.7. The van der Waals surface area contributed by atoms with Gasteiger partial charge < -0.3 is 23.1 Å². The van der Waals surface area contributed by atoms with Gasteiger partial charge in [-0.1, -0.05) is 25.0 Å². The molecule has 2 aliphatic rings. The van der Waals surface area contributed by atoms with Gasteiger partial charge in [-0.15, -0.1) is 0 Å². The minimum Gasteiger partial charge on any atom is -0.343 e. The van der Waals surface area contributed by atoms with Crippen LogP contribution in [0, 0.1) is 13.0 Å². The van der Waals surface area contributed by atoms with Gasteiger partial charge in [0.25, 0.3) is 10.1 Å². The van der Waals surface area contributed by atoms with E-state index in [1.54, 1.807) is 0 Å². The molecule has 0 saturated heterocycles. The van der Waals surface area contributed by atoms with Crippen LogP contribution in [0.2, 0.25) is 0 Å². The van der Waals surface area contributed by atoms with Crippen molar-refractivity contribution in [3.63, 3.8) is 0 Å². The number of benzene rings is 2. The first kappa shape index (κ1) is 49.0. The number of nitrogens with two attached hydrogens (primary N) is 1. The predicted octanol–water partition coefficient (Wildman–Crippen LogP) is 9.07. The Morgan fingerprint density at radius 1 is 1.07 bits per heavy atom. The number of halogens is 1. The van der Waals surface area contributed by atoms with Crippen LogP contribution in [0.4, 0.5) is 5.69 Å². The van der Waals surface area contributed by atoms with Crippen molar-refractivity contribution in [1.82, 2.24) is 5.32 Å². The zero-order valence-corrected chi connectivity index (χ0v) is 37.0. The predicted molar refractivity (Wildman–Crippen MR) is 234 cm³/mol. The van der Waals surface area contributed by atoms with E-state index in [1.165, 1.54) is 16.9 Å². The van der Waals surface area contributed by atoms with Crippen molar-refractivity contribution in [2.24, 2.45) is 5.73 Å². The van der Waals surface area contributed by atoms with Gasteiger partial charge in [-0.25, -0.2) is 0 Å². The normalized spacial score (nSPS) is 17.3. The average Bonchev–Trinajstić information content (AvgIpc) is 3.40. The summed E-state index contributed by atoms with van der Waals surface area (Å²) in [5.74, 6) is -1.11. The summed E-state index contributed by atoms with van der Waals surface area (Å²) < 4.78 is 28.8. The number of carboxylic acid groups (broad SMARTS) is 1. The summed E-state index contributed by atoms with van der Waals surface area (Å²) in [6.45, 7) is 13.7. The summed E-state index contributed by atoms with van der Waals surface area (Å²) >= 11 is 12.6. The Morgan fingerprint density at radius 3 is 2.45 bits per heavy atom. The maximum atomic E-state index is 12.3. The van der Waals surface area contributed by atoms with Crippen molar-refractivity contribution in [2.45, 2.75) is 122 Å². The van der Waals surface area contributed by atoms with Crippen molar-refractivity contribution in [3.05, 3.63) is 119 Å². The van der Waals surface area contributed by atoms with Crippen LogP contribution < -0.4 is 16.0 Å². The number of hydrogen-bond donors (Lipinski definition) is 4. The van der Waals surface area contributed by atoms with E-state index < -0.39 is 22.1 Å². The second-order valence-electron chi connectivity index (χ2n) is 15.9. The van der Waals surface area contributed by atoms with Gasteiger partial charge in [0.1, 0.15) is 6.04 Å². The number of nitrogens with one attached hydrogen (secondary N) is 1. The zero-order chi connectivity index (χ0) is 42.9. The van der Waals surface area contributed by atoms with Gasteiger partial charge in [0.2, 0.25) is 5.91 Å². The van der Waals surface area contributed by atoms with Gasteiger partial charge in [-0.3, -0.25) is 14.1 Å². The molecule has 2 aromatic carbocycles. The first-order chi connectivity index (χ1) is 27.4. The average molecular weight is 879 g/mol. The summed E-state index contributed by atoms with van der Waals surface area (Å²) in [6.07, 6.45) is 17.6. The molecular weight excluding hydrogens is 817 g/mol. The summed E-state index contributed by atoms with van der Waals surface area (Å²) in [5, 5.41) is 12.7. The minimum atomic E-state index is -3.73. The van der Waals surface area contributed by atoms with Crippen LogP contribution in [0.25, 0.3) is 0 Å². The number of carbonyl (C=O) groups is 2. The van der Waals surface area contributed by atoms with Crippen LogP contribution in [0.15, 0.2) is 94.7 Å². The summed E-state index contributed by atoms with van der Waals surface area (Å²) in [4.78, 5) is 25.6. The number of hydrogen-bond acceptors (Lipinski definition) is 6. The third kappa shape index (κ3) is 15.0.